The summed E-state index contributed by atoms with van der Waals surface area (Å²) in [6, 6.07) is 9.02. The number of aliphatic hydroxyl groups excluding tert-OH is 1. The molecule has 0 radical (unpaired) electrons. The van der Waals surface area contributed by atoms with Gasteiger partial charge in [-0.05, 0) is 54.7 Å². The maximum absolute atomic E-state index is 9.65. The summed E-state index contributed by atoms with van der Waals surface area (Å²) in [6.45, 7) is 0. The van der Waals surface area contributed by atoms with Crippen LogP contribution in [-0.2, 0) is 0 Å². The summed E-state index contributed by atoms with van der Waals surface area (Å²) in [5, 5.41) is 9.65. The van der Waals surface area contributed by atoms with Gasteiger partial charge < -0.3 is 5.11 Å². The standard InChI is InChI=1S/C16H20O/c17-16-6-2-5-15(11-16)14-9-7-13(8-10-14)12-3-1-4-12/h7-12,16-17H,1-6H2. The topological polar surface area (TPSA) is 20.2 Å². The van der Waals surface area contributed by atoms with Crippen molar-refractivity contribution in [3.8, 4) is 0 Å². The van der Waals surface area contributed by atoms with E-state index >= 15 is 0 Å². The molecule has 1 nitrogen and oxygen atoms in total. The Labute approximate surface area is 103 Å². The van der Waals surface area contributed by atoms with Crippen LogP contribution in [0.15, 0.2) is 30.3 Å². The van der Waals surface area contributed by atoms with Crippen molar-refractivity contribution in [1.29, 1.82) is 0 Å². The van der Waals surface area contributed by atoms with Crippen LogP contribution in [0, 0.1) is 0 Å². The molecule has 0 heterocycles. The second-order valence-electron chi connectivity index (χ2n) is 5.40. The van der Waals surface area contributed by atoms with Gasteiger partial charge in [0.1, 0.15) is 0 Å². The molecule has 0 amide bonds. The molecule has 1 aromatic carbocycles. The summed E-state index contributed by atoms with van der Waals surface area (Å²) in [5.41, 5.74) is 4.12. The molecule has 17 heavy (non-hydrogen) atoms. The van der Waals surface area contributed by atoms with E-state index in [9.17, 15) is 5.11 Å². The van der Waals surface area contributed by atoms with Crippen LogP contribution in [0.3, 0.4) is 0 Å². The quantitative estimate of drug-likeness (QED) is 0.814. The molecule has 0 saturated heterocycles. The fourth-order valence-corrected chi connectivity index (χ4v) is 2.85. The summed E-state index contributed by atoms with van der Waals surface area (Å²) in [5.74, 6) is 0.815. The highest BCUT2D eigenvalue weighted by molar-refractivity contribution is 5.67. The molecule has 0 aromatic heterocycles. The molecule has 1 N–H and O–H groups in total. The molecular formula is C16H20O. The summed E-state index contributed by atoms with van der Waals surface area (Å²) in [6.07, 6.45) is 9.05. The van der Waals surface area contributed by atoms with E-state index in [1.165, 1.54) is 36.0 Å². The highest BCUT2D eigenvalue weighted by Gasteiger charge is 2.19. The summed E-state index contributed by atoms with van der Waals surface area (Å²) >= 11 is 0. The van der Waals surface area contributed by atoms with Crippen molar-refractivity contribution in [3.05, 3.63) is 41.5 Å². The Balaban J connectivity index is 1.79. The van der Waals surface area contributed by atoms with Crippen molar-refractivity contribution in [2.24, 2.45) is 0 Å². The Morgan fingerprint density at radius 3 is 2.29 bits per heavy atom. The lowest BCUT2D eigenvalue weighted by atomic mass is 9.79. The van der Waals surface area contributed by atoms with Gasteiger partial charge in [0.05, 0.1) is 6.10 Å². The van der Waals surface area contributed by atoms with E-state index < -0.39 is 0 Å². The van der Waals surface area contributed by atoms with Crippen LogP contribution in [0.2, 0.25) is 0 Å². The summed E-state index contributed by atoms with van der Waals surface area (Å²) in [7, 11) is 0. The first kappa shape index (κ1) is 11.0. The molecule has 0 bridgehead atoms. The Morgan fingerprint density at radius 2 is 1.71 bits per heavy atom. The zero-order valence-corrected chi connectivity index (χ0v) is 10.2. The van der Waals surface area contributed by atoms with Crippen molar-refractivity contribution in [2.45, 2.75) is 50.5 Å². The summed E-state index contributed by atoms with van der Waals surface area (Å²) in [4.78, 5) is 0. The van der Waals surface area contributed by atoms with E-state index in [1.807, 2.05) is 6.08 Å². The fourth-order valence-electron chi connectivity index (χ4n) is 2.85. The van der Waals surface area contributed by atoms with Gasteiger partial charge >= 0.3 is 0 Å². The van der Waals surface area contributed by atoms with Crippen LogP contribution in [0.4, 0.5) is 0 Å². The first-order valence-electron chi connectivity index (χ1n) is 6.82. The molecule has 1 aromatic rings. The van der Waals surface area contributed by atoms with E-state index in [2.05, 4.69) is 24.3 Å². The van der Waals surface area contributed by atoms with E-state index in [-0.39, 0.29) is 6.10 Å². The number of allylic oxidation sites excluding steroid dienone is 1. The number of hydrogen-bond donors (Lipinski definition) is 1. The molecule has 90 valence electrons. The minimum absolute atomic E-state index is 0.231. The molecule has 0 spiro atoms. The van der Waals surface area contributed by atoms with Gasteiger partial charge in [0.15, 0.2) is 0 Å². The normalized spacial score (nSPS) is 25.2. The third-order valence-corrected chi connectivity index (χ3v) is 4.20. The predicted molar refractivity (Wildman–Crippen MR) is 70.9 cm³/mol. The van der Waals surface area contributed by atoms with Gasteiger partial charge in [-0.15, -0.1) is 0 Å². The third kappa shape index (κ3) is 2.30. The Morgan fingerprint density at radius 1 is 0.941 bits per heavy atom. The maximum Gasteiger partial charge on any atom is 0.0726 e. The molecule has 1 atom stereocenters. The average Bonchev–Trinajstić information content (AvgIpc) is 2.28. The first-order valence-corrected chi connectivity index (χ1v) is 6.82. The minimum atomic E-state index is -0.231. The lowest BCUT2D eigenvalue weighted by Crippen LogP contribution is -2.09. The largest absolute Gasteiger partial charge is 0.389 e. The van der Waals surface area contributed by atoms with Gasteiger partial charge in [0.25, 0.3) is 0 Å². The van der Waals surface area contributed by atoms with E-state index in [4.69, 9.17) is 0 Å². The fraction of sp³-hybridized carbons (Fsp3) is 0.500. The van der Waals surface area contributed by atoms with Crippen LogP contribution in [0.25, 0.3) is 5.57 Å². The van der Waals surface area contributed by atoms with E-state index in [1.54, 1.807) is 0 Å². The molecule has 0 aliphatic heterocycles. The van der Waals surface area contributed by atoms with Crippen LogP contribution in [0.5, 0.6) is 0 Å². The van der Waals surface area contributed by atoms with Crippen molar-refractivity contribution >= 4 is 5.57 Å². The average molecular weight is 228 g/mol. The van der Waals surface area contributed by atoms with Gasteiger partial charge in [0.2, 0.25) is 0 Å². The zero-order valence-electron chi connectivity index (χ0n) is 10.2. The highest BCUT2D eigenvalue weighted by atomic mass is 16.3. The number of benzene rings is 1. The Bertz CT molecular complexity index is 412. The molecule has 2 aliphatic carbocycles. The minimum Gasteiger partial charge on any atom is -0.389 e. The third-order valence-electron chi connectivity index (χ3n) is 4.20. The molecule has 2 aliphatic rings. The van der Waals surface area contributed by atoms with Crippen LogP contribution in [0.1, 0.15) is 55.6 Å². The van der Waals surface area contributed by atoms with Gasteiger partial charge in [-0.25, -0.2) is 0 Å². The Hall–Kier alpha value is -1.08. The molecule has 1 heteroatoms. The monoisotopic (exact) mass is 228 g/mol. The van der Waals surface area contributed by atoms with Crippen molar-refractivity contribution in [3.63, 3.8) is 0 Å². The highest BCUT2D eigenvalue weighted by Crippen LogP contribution is 2.37. The van der Waals surface area contributed by atoms with Crippen LogP contribution < -0.4 is 0 Å². The van der Waals surface area contributed by atoms with E-state index in [0.717, 1.165) is 25.2 Å². The second-order valence-corrected chi connectivity index (χ2v) is 5.40. The van der Waals surface area contributed by atoms with Crippen molar-refractivity contribution < 1.29 is 5.11 Å². The molecule has 3 rings (SSSR count). The van der Waals surface area contributed by atoms with Crippen molar-refractivity contribution in [1.82, 2.24) is 0 Å². The second kappa shape index (κ2) is 4.66. The van der Waals surface area contributed by atoms with Gasteiger partial charge in [-0.2, -0.15) is 0 Å². The number of rotatable bonds is 2. The zero-order chi connectivity index (χ0) is 11.7. The van der Waals surface area contributed by atoms with Crippen LogP contribution >= 0.6 is 0 Å². The lowest BCUT2D eigenvalue weighted by molar-refractivity contribution is 0.206. The predicted octanol–water partition coefficient (Wildman–Crippen LogP) is 3.88. The smallest absolute Gasteiger partial charge is 0.0726 e. The van der Waals surface area contributed by atoms with E-state index in [0.29, 0.717) is 0 Å². The number of hydrogen-bond acceptors (Lipinski definition) is 1. The summed E-state index contributed by atoms with van der Waals surface area (Å²) < 4.78 is 0. The van der Waals surface area contributed by atoms with Gasteiger partial charge in [0, 0.05) is 0 Å². The molecule has 1 fully saturated rings. The van der Waals surface area contributed by atoms with Crippen molar-refractivity contribution in [2.75, 3.05) is 0 Å². The van der Waals surface area contributed by atoms with Gasteiger partial charge in [-0.1, -0.05) is 36.8 Å². The molecular weight excluding hydrogens is 208 g/mol. The lowest BCUT2D eigenvalue weighted by Gasteiger charge is -2.26. The maximum atomic E-state index is 9.65. The van der Waals surface area contributed by atoms with Crippen LogP contribution in [-0.4, -0.2) is 11.2 Å². The Kier molecular flexibility index (Phi) is 3.02. The first-order chi connectivity index (χ1) is 8.33. The number of aliphatic hydroxyl groups is 1. The molecule has 1 unspecified atom stereocenters. The SMILES string of the molecule is OC1C=C(c2ccc(C3CCC3)cc2)CCC1. The molecule has 1 saturated carbocycles. The van der Waals surface area contributed by atoms with Gasteiger partial charge in [-0.3, -0.25) is 0 Å².